The van der Waals surface area contributed by atoms with E-state index >= 15 is 0 Å². The summed E-state index contributed by atoms with van der Waals surface area (Å²) in [5, 5.41) is 0.0965. The predicted octanol–water partition coefficient (Wildman–Crippen LogP) is 3.35. The molecule has 0 N–H and O–H groups in total. The number of hydrogen-bond acceptors (Lipinski definition) is 1. The Hall–Kier alpha value is -0.900. The normalized spacial score (nSPS) is 11.5. The van der Waals surface area contributed by atoms with Gasteiger partial charge in [0.2, 0.25) is 0 Å². The lowest BCUT2D eigenvalue weighted by Gasteiger charge is -2.09. The lowest BCUT2D eigenvalue weighted by atomic mass is 10.2. The van der Waals surface area contributed by atoms with Gasteiger partial charge in [0.15, 0.2) is 0 Å². The van der Waals surface area contributed by atoms with Crippen LogP contribution in [0.5, 0.6) is 5.75 Å². The number of aryl methyl sites for hydroxylation is 1. The average molecular weight is 210 g/mol. The summed E-state index contributed by atoms with van der Waals surface area (Å²) >= 11 is 5.48. The van der Waals surface area contributed by atoms with Crippen LogP contribution in [0.3, 0.4) is 0 Å². The fourth-order valence-corrected chi connectivity index (χ4v) is 1.09. The molecule has 0 aromatic heterocycles. The minimum absolute atomic E-state index is 0.0965. The first kappa shape index (κ1) is 10.2. The number of halogens is 4. The first-order chi connectivity index (χ1) is 5.87. The fourth-order valence-electron chi connectivity index (χ4n) is 0.833. The van der Waals surface area contributed by atoms with Gasteiger partial charge in [0.25, 0.3) is 0 Å². The van der Waals surface area contributed by atoms with Gasteiger partial charge < -0.3 is 4.74 Å². The molecule has 1 radical (unpaired) electrons. The molecule has 0 atom stereocenters. The maximum atomic E-state index is 11.7. The monoisotopic (exact) mass is 209 g/mol. The second-order valence-corrected chi connectivity index (χ2v) is 2.80. The summed E-state index contributed by atoms with van der Waals surface area (Å²) < 4.78 is 38.8. The molecule has 0 unspecified atom stereocenters. The Balaban J connectivity index is 2.90. The SMILES string of the molecule is Cc1[c]c(Cl)cc(OC(F)(F)F)c1. The van der Waals surface area contributed by atoms with Gasteiger partial charge in [0.05, 0.1) is 5.02 Å². The number of ether oxygens (including phenoxy) is 1. The Morgan fingerprint density at radius 3 is 2.46 bits per heavy atom. The van der Waals surface area contributed by atoms with Crippen molar-refractivity contribution in [1.29, 1.82) is 0 Å². The minimum Gasteiger partial charge on any atom is -0.406 e. The molecule has 0 amide bonds. The predicted molar refractivity (Wildman–Crippen MR) is 41.7 cm³/mol. The molecule has 0 aliphatic heterocycles. The smallest absolute Gasteiger partial charge is 0.406 e. The maximum Gasteiger partial charge on any atom is 0.573 e. The molecule has 1 aromatic rings. The molecule has 71 valence electrons. The number of hydrogen-bond donors (Lipinski definition) is 0. The van der Waals surface area contributed by atoms with E-state index in [1.54, 1.807) is 6.92 Å². The van der Waals surface area contributed by atoms with Crippen molar-refractivity contribution in [2.45, 2.75) is 13.3 Å². The van der Waals surface area contributed by atoms with Crippen LogP contribution in [0.2, 0.25) is 5.02 Å². The van der Waals surface area contributed by atoms with Crippen LogP contribution < -0.4 is 4.74 Å². The van der Waals surface area contributed by atoms with Crippen molar-refractivity contribution < 1.29 is 17.9 Å². The number of benzene rings is 1. The van der Waals surface area contributed by atoms with Crippen molar-refractivity contribution in [3.05, 3.63) is 28.8 Å². The van der Waals surface area contributed by atoms with Crippen LogP contribution in [0.4, 0.5) is 13.2 Å². The fraction of sp³-hybridized carbons (Fsp3) is 0.250. The quantitative estimate of drug-likeness (QED) is 0.689. The molecular weight excluding hydrogens is 205 g/mol. The van der Waals surface area contributed by atoms with Crippen LogP contribution in [0.15, 0.2) is 12.1 Å². The Morgan fingerprint density at radius 1 is 1.38 bits per heavy atom. The first-order valence-corrected chi connectivity index (χ1v) is 3.70. The van der Waals surface area contributed by atoms with Crippen LogP contribution in [0.25, 0.3) is 0 Å². The zero-order chi connectivity index (χ0) is 10.1. The molecule has 1 aromatic carbocycles. The third-order valence-electron chi connectivity index (χ3n) is 1.18. The van der Waals surface area contributed by atoms with E-state index in [2.05, 4.69) is 10.8 Å². The Morgan fingerprint density at radius 2 is 2.00 bits per heavy atom. The van der Waals surface area contributed by atoms with Gasteiger partial charge in [0.1, 0.15) is 5.75 Å². The van der Waals surface area contributed by atoms with Crippen molar-refractivity contribution >= 4 is 11.6 Å². The average Bonchev–Trinajstić information content (AvgIpc) is 1.78. The minimum atomic E-state index is -4.68. The molecular formula is C8H5ClF3O. The standard InChI is InChI=1S/C8H5ClF3O/c1-5-2-6(9)4-7(3-5)13-8(10,11)12/h3-4H,1H3. The molecule has 0 saturated heterocycles. The van der Waals surface area contributed by atoms with Crippen LogP contribution in [-0.4, -0.2) is 6.36 Å². The van der Waals surface area contributed by atoms with Crippen molar-refractivity contribution in [1.82, 2.24) is 0 Å². The van der Waals surface area contributed by atoms with E-state index < -0.39 is 6.36 Å². The maximum absolute atomic E-state index is 11.7. The molecule has 0 aliphatic carbocycles. The summed E-state index contributed by atoms with van der Waals surface area (Å²) in [6.45, 7) is 1.58. The largest absolute Gasteiger partial charge is 0.573 e. The highest BCUT2D eigenvalue weighted by Gasteiger charge is 2.31. The highest BCUT2D eigenvalue weighted by atomic mass is 35.5. The highest BCUT2D eigenvalue weighted by molar-refractivity contribution is 6.30. The molecule has 0 spiro atoms. The first-order valence-electron chi connectivity index (χ1n) is 3.32. The van der Waals surface area contributed by atoms with E-state index in [0.717, 1.165) is 6.07 Å². The van der Waals surface area contributed by atoms with E-state index in [9.17, 15) is 13.2 Å². The summed E-state index contributed by atoms with van der Waals surface area (Å²) in [5.74, 6) is -0.325. The zero-order valence-corrected chi connectivity index (χ0v) is 7.33. The molecule has 0 heterocycles. The summed E-state index contributed by atoms with van der Waals surface area (Å²) in [7, 11) is 0. The Kier molecular flexibility index (Phi) is 2.71. The highest BCUT2D eigenvalue weighted by Crippen LogP contribution is 2.26. The van der Waals surface area contributed by atoms with Crippen molar-refractivity contribution in [3.8, 4) is 5.75 Å². The third-order valence-corrected chi connectivity index (χ3v) is 1.38. The number of rotatable bonds is 1. The molecule has 1 rings (SSSR count). The Labute approximate surface area is 78.1 Å². The van der Waals surface area contributed by atoms with Crippen molar-refractivity contribution in [2.75, 3.05) is 0 Å². The summed E-state index contributed by atoms with van der Waals surface area (Å²) in [6, 6.07) is 4.88. The van der Waals surface area contributed by atoms with Gasteiger partial charge in [0, 0.05) is 6.07 Å². The third kappa shape index (κ3) is 3.55. The topological polar surface area (TPSA) is 9.23 Å². The molecule has 1 nitrogen and oxygen atoms in total. The van der Waals surface area contributed by atoms with Crippen LogP contribution in [-0.2, 0) is 0 Å². The second kappa shape index (κ2) is 3.46. The van der Waals surface area contributed by atoms with Gasteiger partial charge in [-0.3, -0.25) is 0 Å². The van der Waals surface area contributed by atoms with Crippen LogP contribution >= 0.6 is 11.6 Å². The zero-order valence-electron chi connectivity index (χ0n) is 6.57. The molecule has 0 saturated carbocycles. The van der Waals surface area contributed by atoms with E-state index in [4.69, 9.17) is 11.6 Å². The van der Waals surface area contributed by atoms with Gasteiger partial charge in [-0.2, -0.15) is 0 Å². The summed E-state index contributed by atoms with van der Waals surface area (Å²) in [6.07, 6.45) is -4.68. The Bertz CT molecular complexity index is 288. The summed E-state index contributed by atoms with van der Waals surface area (Å²) in [5.41, 5.74) is 0.492. The van der Waals surface area contributed by atoms with Crippen molar-refractivity contribution in [2.24, 2.45) is 0 Å². The van der Waals surface area contributed by atoms with E-state index in [1.165, 1.54) is 6.07 Å². The van der Waals surface area contributed by atoms with Gasteiger partial charge in [-0.15, -0.1) is 13.2 Å². The lowest BCUT2D eigenvalue weighted by molar-refractivity contribution is -0.274. The van der Waals surface area contributed by atoms with Gasteiger partial charge in [-0.25, -0.2) is 0 Å². The van der Waals surface area contributed by atoms with Gasteiger partial charge >= 0.3 is 6.36 Å². The molecule has 0 bridgehead atoms. The van der Waals surface area contributed by atoms with Crippen LogP contribution in [0, 0.1) is 13.0 Å². The molecule has 0 fully saturated rings. The van der Waals surface area contributed by atoms with E-state index in [0.29, 0.717) is 5.56 Å². The lowest BCUT2D eigenvalue weighted by Crippen LogP contribution is -2.17. The van der Waals surface area contributed by atoms with E-state index in [1.807, 2.05) is 0 Å². The van der Waals surface area contributed by atoms with Crippen LogP contribution in [0.1, 0.15) is 5.56 Å². The van der Waals surface area contributed by atoms with Gasteiger partial charge in [-0.05, 0) is 24.6 Å². The summed E-state index contributed by atoms with van der Waals surface area (Å²) in [4.78, 5) is 0. The van der Waals surface area contributed by atoms with Crippen molar-refractivity contribution in [3.63, 3.8) is 0 Å². The number of alkyl halides is 3. The molecule has 5 heteroatoms. The van der Waals surface area contributed by atoms with Gasteiger partial charge in [-0.1, -0.05) is 11.6 Å². The molecule has 13 heavy (non-hydrogen) atoms. The van der Waals surface area contributed by atoms with E-state index in [-0.39, 0.29) is 10.8 Å². The second-order valence-electron chi connectivity index (χ2n) is 2.39. The molecule has 0 aliphatic rings.